The smallest absolute Gasteiger partial charge is 0.222 e. The van der Waals surface area contributed by atoms with Crippen LogP contribution in [0.2, 0.25) is 0 Å². The Morgan fingerprint density at radius 2 is 2.00 bits per heavy atom. The van der Waals surface area contributed by atoms with E-state index in [1.807, 2.05) is 43.5 Å². The van der Waals surface area contributed by atoms with Crippen molar-refractivity contribution in [2.45, 2.75) is 38.8 Å². The minimum absolute atomic E-state index is 0.354. The third-order valence-corrected chi connectivity index (χ3v) is 5.24. The minimum Gasteiger partial charge on any atom is -0.439 e. The molecule has 0 spiro atoms. The summed E-state index contributed by atoms with van der Waals surface area (Å²) in [5.41, 5.74) is 2.71. The van der Waals surface area contributed by atoms with E-state index < -0.39 is 6.10 Å². The van der Waals surface area contributed by atoms with Crippen molar-refractivity contribution >= 4 is 0 Å². The maximum Gasteiger partial charge on any atom is 0.222 e. The van der Waals surface area contributed by atoms with Gasteiger partial charge < -0.3 is 9.84 Å². The van der Waals surface area contributed by atoms with Crippen LogP contribution in [0.25, 0.3) is 11.3 Å². The highest BCUT2D eigenvalue weighted by Crippen LogP contribution is 2.34. The number of aliphatic hydroxyl groups excluding tert-OH is 1. The van der Waals surface area contributed by atoms with Gasteiger partial charge in [-0.3, -0.25) is 4.90 Å². The maximum absolute atomic E-state index is 13.8. The Morgan fingerprint density at radius 3 is 2.69 bits per heavy atom. The van der Waals surface area contributed by atoms with Crippen LogP contribution in [0.15, 0.2) is 67.3 Å². The van der Waals surface area contributed by atoms with E-state index in [-0.39, 0.29) is 5.82 Å². The Balaban J connectivity index is 1.97. The molecule has 5 nitrogen and oxygen atoms in total. The third kappa shape index (κ3) is 6.28. The second-order valence-electron chi connectivity index (χ2n) is 7.94. The molecule has 170 valence electrons. The molecule has 3 rings (SSSR count). The molecule has 6 heteroatoms. The lowest BCUT2D eigenvalue weighted by atomic mass is 10.1. The van der Waals surface area contributed by atoms with E-state index in [9.17, 15) is 9.50 Å². The van der Waals surface area contributed by atoms with Crippen LogP contribution in [-0.2, 0) is 13.6 Å². The molecule has 0 amide bonds. The minimum atomic E-state index is -0.441. The predicted molar refractivity (Wildman–Crippen MR) is 126 cm³/mol. The molecule has 3 aromatic rings. The molecule has 0 fully saturated rings. The zero-order valence-corrected chi connectivity index (χ0v) is 18.9. The molecule has 1 N–H and O–H groups in total. The number of rotatable bonds is 12. The standard InChI is InChI=1S/C26H32FN3O2/c1-4-6-14-22(31)18-30(16-5-2)19-24-25(20-11-8-7-9-12-20)28-29(3)26(24)32-23-15-10-13-21(27)17-23/h4,7-13,15,17,22,31H,1,5-6,14,16,18-19H2,2-3H3. The Morgan fingerprint density at radius 1 is 1.22 bits per heavy atom. The van der Waals surface area contributed by atoms with Gasteiger partial charge in [-0.05, 0) is 37.9 Å². The van der Waals surface area contributed by atoms with Crippen LogP contribution in [-0.4, -0.2) is 39.0 Å². The number of hydrogen-bond donors (Lipinski definition) is 1. The monoisotopic (exact) mass is 437 g/mol. The molecule has 1 aromatic heterocycles. The van der Waals surface area contributed by atoms with Crippen molar-refractivity contribution in [3.05, 3.63) is 78.6 Å². The van der Waals surface area contributed by atoms with Crippen molar-refractivity contribution in [3.8, 4) is 22.9 Å². The summed E-state index contributed by atoms with van der Waals surface area (Å²) in [6.45, 7) is 7.79. The van der Waals surface area contributed by atoms with Gasteiger partial charge in [-0.2, -0.15) is 5.10 Å². The molecule has 0 saturated carbocycles. The van der Waals surface area contributed by atoms with Crippen molar-refractivity contribution in [1.29, 1.82) is 0 Å². The van der Waals surface area contributed by atoms with E-state index in [4.69, 9.17) is 9.84 Å². The van der Waals surface area contributed by atoms with Crippen molar-refractivity contribution < 1.29 is 14.2 Å². The second-order valence-corrected chi connectivity index (χ2v) is 7.94. The summed E-state index contributed by atoms with van der Waals surface area (Å²) in [4.78, 5) is 2.22. The number of aliphatic hydroxyl groups is 1. The number of nitrogens with zero attached hydrogens (tertiary/aromatic N) is 3. The van der Waals surface area contributed by atoms with E-state index in [1.54, 1.807) is 16.8 Å². The Labute approximate surface area is 189 Å². The van der Waals surface area contributed by atoms with Gasteiger partial charge in [0, 0.05) is 31.8 Å². The fourth-order valence-electron chi connectivity index (χ4n) is 3.77. The number of halogens is 1. The number of allylic oxidation sites excluding steroid dienone is 1. The molecule has 1 heterocycles. The van der Waals surface area contributed by atoms with E-state index in [1.165, 1.54) is 12.1 Å². The van der Waals surface area contributed by atoms with E-state index in [0.29, 0.717) is 31.1 Å². The van der Waals surface area contributed by atoms with Crippen LogP contribution >= 0.6 is 0 Å². The topological polar surface area (TPSA) is 50.5 Å². The fraction of sp³-hybridized carbons (Fsp3) is 0.346. The second kappa shape index (κ2) is 11.6. The molecule has 0 aliphatic rings. The molecule has 2 aromatic carbocycles. The first-order valence-corrected chi connectivity index (χ1v) is 11.1. The fourth-order valence-corrected chi connectivity index (χ4v) is 3.77. The average molecular weight is 438 g/mol. The van der Waals surface area contributed by atoms with E-state index >= 15 is 0 Å². The van der Waals surface area contributed by atoms with Gasteiger partial charge in [0.05, 0.1) is 11.7 Å². The van der Waals surface area contributed by atoms with Gasteiger partial charge >= 0.3 is 0 Å². The molecule has 1 atom stereocenters. The van der Waals surface area contributed by atoms with Gasteiger partial charge in [-0.15, -0.1) is 6.58 Å². The van der Waals surface area contributed by atoms with Gasteiger partial charge in [0.15, 0.2) is 0 Å². The molecule has 0 aliphatic carbocycles. The van der Waals surface area contributed by atoms with Crippen molar-refractivity contribution in [1.82, 2.24) is 14.7 Å². The summed E-state index contributed by atoms with van der Waals surface area (Å²) in [6.07, 6.45) is 3.79. The molecular weight excluding hydrogens is 405 g/mol. The summed E-state index contributed by atoms with van der Waals surface area (Å²) in [6, 6.07) is 16.1. The predicted octanol–water partition coefficient (Wildman–Crippen LogP) is 5.56. The van der Waals surface area contributed by atoms with Crippen LogP contribution in [0, 0.1) is 5.82 Å². The highest BCUT2D eigenvalue weighted by molar-refractivity contribution is 5.65. The highest BCUT2D eigenvalue weighted by Gasteiger charge is 2.23. The van der Waals surface area contributed by atoms with E-state index in [0.717, 1.165) is 36.2 Å². The first kappa shape index (κ1) is 23.7. The summed E-state index contributed by atoms with van der Waals surface area (Å²) in [7, 11) is 1.83. The Bertz CT molecular complexity index is 1000. The zero-order chi connectivity index (χ0) is 22.9. The number of aryl methyl sites for hydroxylation is 1. The summed E-state index contributed by atoms with van der Waals surface area (Å²) in [5, 5.41) is 15.2. The van der Waals surface area contributed by atoms with Gasteiger partial charge in [0.1, 0.15) is 17.3 Å². The number of hydrogen-bond acceptors (Lipinski definition) is 4. The number of aromatic nitrogens is 2. The SMILES string of the molecule is C=CCCC(O)CN(CCC)Cc1c(-c2ccccc2)nn(C)c1Oc1cccc(F)c1. The van der Waals surface area contributed by atoms with Crippen molar-refractivity contribution in [2.24, 2.45) is 7.05 Å². The lowest BCUT2D eigenvalue weighted by Crippen LogP contribution is -2.33. The Hall–Kier alpha value is -2.96. The van der Waals surface area contributed by atoms with Crippen LogP contribution in [0.5, 0.6) is 11.6 Å². The summed E-state index contributed by atoms with van der Waals surface area (Å²) < 4.78 is 21.6. The molecule has 0 saturated heterocycles. The quantitative estimate of drug-likeness (QED) is 0.377. The average Bonchev–Trinajstić information content (AvgIpc) is 3.08. The van der Waals surface area contributed by atoms with Gasteiger partial charge in [-0.1, -0.05) is 49.4 Å². The van der Waals surface area contributed by atoms with Crippen molar-refractivity contribution in [3.63, 3.8) is 0 Å². The lowest BCUT2D eigenvalue weighted by Gasteiger charge is -2.25. The van der Waals surface area contributed by atoms with Crippen LogP contribution in [0.1, 0.15) is 31.7 Å². The van der Waals surface area contributed by atoms with E-state index in [2.05, 4.69) is 18.4 Å². The number of benzene rings is 2. The number of ether oxygens (including phenoxy) is 1. The molecule has 1 unspecified atom stereocenters. The van der Waals surface area contributed by atoms with Gasteiger partial charge in [0.25, 0.3) is 0 Å². The normalized spacial score (nSPS) is 12.2. The molecule has 0 aliphatic heterocycles. The molecule has 0 bridgehead atoms. The highest BCUT2D eigenvalue weighted by atomic mass is 19.1. The van der Waals surface area contributed by atoms with Crippen LogP contribution < -0.4 is 4.74 Å². The van der Waals surface area contributed by atoms with Crippen LogP contribution in [0.4, 0.5) is 4.39 Å². The molecular formula is C26H32FN3O2. The Kier molecular flexibility index (Phi) is 8.59. The molecule has 0 radical (unpaired) electrons. The first-order valence-electron chi connectivity index (χ1n) is 11.1. The summed E-state index contributed by atoms with van der Waals surface area (Å²) in [5.74, 6) is 0.630. The van der Waals surface area contributed by atoms with Gasteiger partial charge in [0.2, 0.25) is 5.88 Å². The lowest BCUT2D eigenvalue weighted by molar-refractivity contribution is 0.102. The maximum atomic E-state index is 13.8. The van der Waals surface area contributed by atoms with Gasteiger partial charge in [-0.25, -0.2) is 9.07 Å². The molecule has 32 heavy (non-hydrogen) atoms. The van der Waals surface area contributed by atoms with Crippen molar-refractivity contribution in [2.75, 3.05) is 13.1 Å². The summed E-state index contributed by atoms with van der Waals surface area (Å²) >= 11 is 0. The third-order valence-electron chi connectivity index (χ3n) is 5.24. The van der Waals surface area contributed by atoms with Crippen LogP contribution in [0.3, 0.4) is 0 Å². The first-order chi connectivity index (χ1) is 15.5. The zero-order valence-electron chi connectivity index (χ0n) is 18.9. The largest absolute Gasteiger partial charge is 0.439 e.